The Hall–Kier alpha value is -1.29. The zero-order valence-electron chi connectivity index (χ0n) is 8.58. The minimum absolute atomic E-state index is 0.0699. The summed E-state index contributed by atoms with van der Waals surface area (Å²) in [5.74, 6) is 0. The summed E-state index contributed by atoms with van der Waals surface area (Å²) in [5, 5.41) is 19.2. The van der Waals surface area contributed by atoms with Gasteiger partial charge in [0, 0.05) is 6.20 Å². The molecule has 2 rings (SSSR count). The molecule has 1 aromatic heterocycles. The Bertz CT molecular complexity index is 386. The van der Waals surface area contributed by atoms with Crippen LogP contribution in [0, 0.1) is 0 Å². The fourth-order valence-corrected chi connectivity index (χ4v) is 1.94. The first-order valence-electron chi connectivity index (χ1n) is 5.36. The van der Waals surface area contributed by atoms with Gasteiger partial charge in [0.2, 0.25) is 0 Å². The van der Waals surface area contributed by atoms with Crippen LogP contribution in [0.4, 0.5) is 0 Å². The van der Waals surface area contributed by atoms with Crippen molar-refractivity contribution in [1.29, 1.82) is 0 Å². The van der Waals surface area contributed by atoms with E-state index in [1.54, 1.807) is 12.1 Å². The quantitative estimate of drug-likeness (QED) is 0.674. The van der Waals surface area contributed by atoms with Gasteiger partial charge in [0.25, 0.3) is 0 Å². The maximum absolute atomic E-state index is 9.74. The van der Waals surface area contributed by atoms with E-state index in [4.69, 9.17) is 0 Å². The lowest BCUT2D eigenvalue weighted by Gasteiger charge is -2.23. The van der Waals surface area contributed by atoms with Crippen LogP contribution in [0.15, 0.2) is 29.4 Å². The standard InChI is InChI=1S/C11H16N2O2/c14-10-6-2-1-5-9(10)12-11-7-3-4-8-13(11)15/h3-4,7-10,14-15H,1-2,5-6H2. The van der Waals surface area contributed by atoms with Crippen LogP contribution in [0.5, 0.6) is 0 Å². The first-order chi connectivity index (χ1) is 7.27. The van der Waals surface area contributed by atoms with Gasteiger partial charge < -0.3 is 10.3 Å². The number of aromatic nitrogens is 1. The SMILES string of the molecule is OC1CCCCC1N=c1ccccn1O. The lowest BCUT2D eigenvalue weighted by Crippen LogP contribution is -2.31. The largest absolute Gasteiger partial charge is 0.427 e. The Labute approximate surface area is 88.5 Å². The molecule has 4 heteroatoms. The molecule has 1 aliphatic rings. The molecule has 2 atom stereocenters. The Balaban J connectivity index is 2.25. The van der Waals surface area contributed by atoms with E-state index in [-0.39, 0.29) is 12.1 Å². The van der Waals surface area contributed by atoms with Gasteiger partial charge in [0.1, 0.15) is 0 Å². The first kappa shape index (κ1) is 10.2. The third-order valence-corrected chi connectivity index (χ3v) is 2.81. The number of aliphatic hydroxyl groups excluding tert-OH is 1. The zero-order valence-corrected chi connectivity index (χ0v) is 8.58. The van der Waals surface area contributed by atoms with Crippen LogP contribution >= 0.6 is 0 Å². The number of hydrogen-bond acceptors (Lipinski definition) is 3. The number of pyridine rings is 1. The maximum Gasteiger partial charge on any atom is 0.163 e. The van der Waals surface area contributed by atoms with E-state index in [0.29, 0.717) is 5.49 Å². The monoisotopic (exact) mass is 208 g/mol. The Morgan fingerprint density at radius 2 is 2.07 bits per heavy atom. The molecule has 1 fully saturated rings. The summed E-state index contributed by atoms with van der Waals surface area (Å²) < 4.78 is 0.987. The van der Waals surface area contributed by atoms with Crippen molar-refractivity contribution in [2.24, 2.45) is 4.99 Å². The van der Waals surface area contributed by atoms with Crippen molar-refractivity contribution < 1.29 is 10.3 Å². The van der Waals surface area contributed by atoms with E-state index in [2.05, 4.69) is 4.99 Å². The predicted octanol–water partition coefficient (Wildman–Crippen LogP) is 0.930. The van der Waals surface area contributed by atoms with Crippen LogP contribution in [0.1, 0.15) is 25.7 Å². The molecule has 1 aromatic rings. The topological polar surface area (TPSA) is 57.8 Å². The highest BCUT2D eigenvalue weighted by atomic mass is 16.5. The van der Waals surface area contributed by atoms with Crippen molar-refractivity contribution in [2.75, 3.05) is 0 Å². The summed E-state index contributed by atoms with van der Waals surface area (Å²) in [4.78, 5) is 4.36. The highest BCUT2D eigenvalue weighted by molar-refractivity contribution is 4.92. The normalized spacial score (nSPS) is 27.9. The summed E-state index contributed by atoms with van der Waals surface area (Å²) >= 11 is 0. The molecule has 0 amide bonds. The van der Waals surface area contributed by atoms with E-state index >= 15 is 0 Å². The summed E-state index contributed by atoms with van der Waals surface area (Å²) in [5.41, 5.74) is 0.503. The van der Waals surface area contributed by atoms with Gasteiger partial charge in [0.05, 0.1) is 12.1 Å². The predicted molar refractivity (Wildman–Crippen MR) is 55.4 cm³/mol. The van der Waals surface area contributed by atoms with Gasteiger partial charge in [-0.25, -0.2) is 0 Å². The molecule has 0 aliphatic heterocycles. The molecule has 4 nitrogen and oxygen atoms in total. The van der Waals surface area contributed by atoms with E-state index < -0.39 is 0 Å². The summed E-state index contributed by atoms with van der Waals surface area (Å²) in [6, 6.07) is 5.22. The van der Waals surface area contributed by atoms with E-state index in [0.717, 1.165) is 30.4 Å². The highest BCUT2D eigenvalue weighted by Gasteiger charge is 2.21. The molecular formula is C11H16N2O2. The zero-order chi connectivity index (χ0) is 10.7. The van der Waals surface area contributed by atoms with Crippen molar-refractivity contribution >= 4 is 0 Å². The van der Waals surface area contributed by atoms with Gasteiger partial charge in [0.15, 0.2) is 5.49 Å². The second-order valence-electron chi connectivity index (χ2n) is 3.95. The highest BCUT2D eigenvalue weighted by Crippen LogP contribution is 2.20. The van der Waals surface area contributed by atoms with E-state index in [1.807, 2.05) is 6.07 Å². The lowest BCUT2D eigenvalue weighted by molar-refractivity contribution is 0.104. The first-order valence-corrected chi connectivity index (χ1v) is 5.36. The minimum atomic E-state index is -0.362. The number of hydrogen-bond donors (Lipinski definition) is 2. The molecule has 2 unspecified atom stereocenters. The molecule has 0 bridgehead atoms. The Kier molecular flexibility index (Phi) is 3.06. The van der Waals surface area contributed by atoms with Gasteiger partial charge in [-0.2, -0.15) is 4.73 Å². The fraction of sp³-hybridized carbons (Fsp3) is 0.545. The lowest BCUT2D eigenvalue weighted by atomic mass is 9.93. The molecule has 1 aliphatic carbocycles. The van der Waals surface area contributed by atoms with Crippen LogP contribution in [0.2, 0.25) is 0 Å². The van der Waals surface area contributed by atoms with Gasteiger partial charge >= 0.3 is 0 Å². The third-order valence-electron chi connectivity index (χ3n) is 2.81. The molecular weight excluding hydrogens is 192 g/mol. The molecule has 0 saturated heterocycles. The Morgan fingerprint density at radius 1 is 1.27 bits per heavy atom. The minimum Gasteiger partial charge on any atom is -0.427 e. The van der Waals surface area contributed by atoms with E-state index in [9.17, 15) is 10.3 Å². The molecule has 1 heterocycles. The fourth-order valence-electron chi connectivity index (χ4n) is 1.94. The van der Waals surface area contributed by atoms with Crippen LogP contribution in [0.25, 0.3) is 0 Å². The molecule has 15 heavy (non-hydrogen) atoms. The van der Waals surface area contributed by atoms with Gasteiger partial charge in [-0.05, 0) is 25.0 Å². The molecule has 2 N–H and O–H groups in total. The van der Waals surface area contributed by atoms with E-state index in [1.165, 1.54) is 6.20 Å². The maximum atomic E-state index is 9.74. The van der Waals surface area contributed by atoms with Crippen LogP contribution in [-0.2, 0) is 0 Å². The van der Waals surface area contributed by atoms with Gasteiger partial charge in [-0.3, -0.25) is 4.99 Å². The molecule has 0 aromatic carbocycles. The van der Waals surface area contributed by atoms with Crippen LogP contribution < -0.4 is 5.49 Å². The van der Waals surface area contributed by atoms with Crippen LogP contribution in [-0.4, -0.2) is 27.2 Å². The summed E-state index contributed by atoms with van der Waals surface area (Å²) in [6.45, 7) is 0. The number of aliphatic hydroxyl groups is 1. The molecule has 1 saturated carbocycles. The summed E-state index contributed by atoms with van der Waals surface area (Å²) in [7, 11) is 0. The van der Waals surface area contributed by atoms with Crippen molar-refractivity contribution in [3.63, 3.8) is 0 Å². The molecule has 0 spiro atoms. The van der Waals surface area contributed by atoms with Crippen molar-refractivity contribution in [3.8, 4) is 0 Å². The second-order valence-corrected chi connectivity index (χ2v) is 3.95. The molecule has 0 radical (unpaired) electrons. The number of rotatable bonds is 1. The average Bonchev–Trinajstić information content (AvgIpc) is 2.24. The van der Waals surface area contributed by atoms with Gasteiger partial charge in [-0.15, -0.1) is 0 Å². The Morgan fingerprint density at radius 3 is 2.80 bits per heavy atom. The van der Waals surface area contributed by atoms with Crippen molar-refractivity contribution in [3.05, 3.63) is 29.9 Å². The van der Waals surface area contributed by atoms with Crippen LogP contribution in [0.3, 0.4) is 0 Å². The third kappa shape index (κ3) is 2.39. The second kappa shape index (κ2) is 4.49. The number of nitrogens with zero attached hydrogens (tertiary/aromatic N) is 2. The smallest absolute Gasteiger partial charge is 0.163 e. The summed E-state index contributed by atoms with van der Waals surface area (Å²) in [6.07, 6.45) is 5.06. The van der Waals surface area contributed by atoms with Gasteiger partial charge in [-0.1, -0.05) is 18.9 Å². The van der Waals surface area contributed by atoms with Crippen molar-refractivity contribution in [2.45, 2.75) is 37.8 Å². The average molecular weight is 208 g/mol. The molecule has 82 valence electrons. The van der Waals surface area contributed by atoms with Crippen molar-refractivity contribution in [1.82, 2.24) is 4.73 Å².